The number of anilines is 3. The summed E-state index contributed by atoms with van der Waals surface area (Å²) in [5.74, 6) is -0.282. The summed E-state index contributed by atoms with van der Waals surface area (Å²) in [7, 11) is 0. The molecule has 11 heteroatoms. The van der Waals surface area contributed by atoms with Crippen molar-refractivity contribution in [3.8, 4) is 0 Å². The van der Waals surface area contributed by atoms with Crippen LogP contribution in [0.15, 0.2) is 51.3 Å². The van der Waals surface area contributed by atoms with Gasteiger partial charge in [-0.1, -0.05) is 57.2 Å². The Kier molecular flexibility index (Phi) is 6.60. The second-order valence-electron chi connectivity index (χ2n) is 5.57. The Labute approximate surface area is 177 Å². The molecule has 0 saturated heterocycles. The number of nitro groups is 1. The van der Waals surface area contributed by atoms with E-state index in [1.165, 1.54) is 29.2 Å². The molecule has 1 heterocycles. The zero-order chi connectivity index (χ0) is 20.1. The summed E-state index contributed by atoms with van der Waals surface area (Å²) in [6, 6.07) is 12.3. The summed E-state index contributed by atoms with van der Waals surface area (Å²) >= 11 is 5.94. The topological polar surface area (TPSA) is 110 Å². The number of benzene rings is 2. The molecule has 1 aromatic heterocycles. The summed E-state index contributed by atoms with van der Waals surface area (Å²) in [5, 5.41) is 25.6. The Hall–Kier alpha value is -2.50. The van der Waals surface area contributed by atoms with Gasteiger partial charge in [0.05, 0.1) is 10.7 Å². The van der Waals surface area contributed by atoms with E-state index in [1.54, 1.807) is 19.1 Å². The van der Waals surface area contributed by atoms with Crippen molar-refractivity contribution >= 4 is 67.1 Å². The lowest BCUT2D eigenvalue weighted by Gasteiger charge is -2.08. The maximum atomic E-state index is 12.2. The molecular weight excluding hydrogens is 466 g/mol. The first kappa shape index (κ1) is 20.2. The second kappa shape index (κ2) is 9.13. The fourth-order valence-corrected chi connectivity index (χ4v) is 4.25. The van der Waals surface area contributed by atoms with Gasteiger partial charge >= 0.3 is 0 Å². The Morgan fingerprint density at radius 3 is 2.82 bits per heavy atom. The highest BCUT2D eigenvalue weighted by Crippen LogP contribution is 2.30. The van der Waals surface area contributed by atoms with Crippen LogP contribution >= 0.6 is 39.0 Å². The van der Waals surface area contributed by atoms with Crippen LogP contribution in [-0.4, -0.2) is 26.8 Å². The standard InChI is InChI=1S/C17H14BrN5O3S2/c1-10-4-2-7-13(23(25)26)15(10)20-14(24)9-27-17-22-21-16(28-17)19-12-6-3-5-11(18)8-12/h2-8H,9H2,1H3,(H,19,21)(H,20,24). The molecule has 0 saturated carbocycles. The molecule has 2 N–H and O–H groups in total. The minimum Gasteiger partial charge on any atom is -0.330 e. The van der Waals surface area contributed by atoms with Crippen LogP contribution in [0.5, 0.6) is 0 Å². The third kappa shape index (κ3) is 5.27. The van der Waals surface area contributed by atoms with E-state index < -0.39 is 4.92 Å². The van der Waals surface area contributed by atoms with Gasteiger partial charge in [0.25, 0.3) is 5.69 Å². The van der Waals surface area contributed by atoms with Gasteiger partial charge in [-0.15, -0.1) is 10.2 Å². The van der Waals surface area contributed by atoms with E-state index in [1.807, 2.05) is 24.3 Å². The van der Waals surface area contributed by atoms with Crippen molar-refractivity contribution in [3.05, 3.63) is 62.6 Å². The number of rotatable bonds is 7. The number of para-hydroxylation sites is 1. The number of amides is 1. The normalized spacial score (nSPS) is 10.5. The summed E-state index contributed by atoms with van der Waals surface area (Å²) in [4.78, 5) is 22.8. The van der Waals surface area contributed by atoms with Crippen molar-refractivity contribution in [1.29, 1.82) is 0 Å². The fourth-order valence-electron chi connectivity index (χ4n) is 2.28. The molecule has 1 amide bonds. The molecule has 0 fully saturated rings. The number of carbonyl (C=O) groups is 1. The first-order valence-corrected chi connectivity index (χ1v) is 10.5. The molecule has 0 aliphatic carbocycles. The van der Waals surface area contributed by atoms with Gasteiger partial charge < -0.3 is 10.6 Å². The summed E-state index contributed by atoms with van der Waals surface area (Å²) in [6.07, 6.45) is 0. The monoisotopic (exact) mass is 479 g/mol. The predicted molar refractivity (Wildman–Crippen MR) is 115 cm³/mol. The van der Waals surface area contributed by atoms with Gasteiger partial charge in [0, 0.05) is 16.2 Å². The average molecular weight is 480 g/mol. The number of aromatic nitrogens is 2. The van der Waals surface area contributed by atoms with Crippen LogP contribution in [0.25, 0.3) is 0 Å². The molecule has 3 aromatic rings. The molecule has 3 rings (SSSR count). The van der Waals surface area contributed by atoms with Crippen LogP contribution in [0.4, 0.5) is 22.2 Å². The number of hydrogen-bond acceptors (Lipinski definition) is 8. The molecular formula is C17H14BrN5O3S2. The lowest BCUT2D eigenvalue weighted by atomic mass is 10.1. The van der Waals surface area contributed by atoms with E-state index in [9.17, 15) is 14.9 Å². The number of thioether (sulfide) groups is 1. The molecule has 0 aliphatic rings. The summed E-state index contributed by atoms with van der Waals surface area (Å²) < 4.78 is 1.56. The highest BCUT2D eigenvalue weighted by molar-refractivity contribution is 9.10. The SMILES string of the molecule is Cc1cccc([N+](=O)[O-])c1NC(=O)CSc1nnc(Nc2cccc(Br)c2)s1. The van der Waals surface area contributed by atoms with Gasteiger partial charge in [-0.25, -0.2) is 0 Å². The molecule has 144 valence electrons. The van der Waals surface area contributed by atoms with Gasteiger partial charge in [0.1, 0.15) is 5.69 Å². The lowest BCUT2D eigenvalue weighted by Crippen LogP contribution is -2.16. The third-order valence-corrected chi connectivity index (χ3v) is 5.99. The quantitative estimate of drug-likeness (QED) is 0.278. The van der Waals surface area contributed by atoms with Gasteiger partial charge in [0.2, 0.25) is 11.0 Å². The van der Waals surface area contributed by atoms with E-state index in [0.717, 1.165) is 10.2 Å². The van der Waals surface area contributed by atoms with Crippen molar-refractivity contribution in [3.63, 3.8) is 0 Å². The number of carbonyl (C=O) groups excluding carboxylic acids is 1. The highest BCUT2D eigenvalue weighted by Gasteiger charge is 2.18. The molecule has 0 aliphatic heterocycles. The number of nitrogens with one attached hydrogen (secondary N) is 2. The number of hydrogen-bond donors (Lipinski definition) is 2. The van der Waals surface area contributed by atoms with Crippen molar-refractivity contribution < 1.29 is 9.72 Å². The molecule has 0 unspecified atom stereocenters. The third-order valence-electron chi connectivity index (χ3n) is 3.52. The molecule has 2 aromatic carbocycles. The minimum atomic E-state index is -0.514. The van der Waals surface area contributed by atoms with Crippen LogP contribution in [0, 0.1) is 17.0 Å². The number of nitro benzene ring substituents is 1. The van der Waals surface area contributed by atoms with Gasteiger partial charge in [-0.3, -0.25) is 14.9 Å². The smallest absolute Gasteiger partial charge is 0.293 e. The zero-order valence-electron chi connectivity index (χ0n) is 14.5. The van der Waals surface area contributed by atoms with E-state index in [2.05, 4.69) is 36.8 Å². The fraction of sp³-hybridized carbons (Fsp3) is 0.118. The Balaban J connectivity index is 1.59. The molecule has 0 radical (unpaired) electrons. The predicted octanol–water partition coefficient (Wildman–Crippen LogP) is 4.99. The van der Waals surface area contributed by atoms with Gasteiger partial charge in [0.15, 0.2) is 4.34 Å². The summed E-state index contributed by atoms with van der Waals surface area (Å²) in [5.41, 5.74) is 1.58. The largest absolute Gasteiger partial charge is 0.330 e. The minimum absolute atomic E-state index is 0.0665. The maximum absolute atomic E-state index is 12.2. The Bertz CT molecular complexity index is 1030. The van der Waals surface area contributed by atoms with Crippen LogP contribution in [0.2, 0.25) is 0 Å². The molecule has 28 heavy (non-hydrogen) atoms. The number of aryl methyl sites for hydroxylation is 1. The van der Waals surface area contributed by atoms with Crippen molar-refractivity contribution in [2.75, 3.05) is 16.4 Å². The van der Waals surface area contributed by atoms with Gasteiger partial charge in [-0.05, 0) is 30.7 Å². The van der Waals surface area contributed by atoms with Crippen LogP contribution < -0.4 is 10.6 Å². The van der Waals surface area contributed by atoms with Crippen LogP contribution in [0.1, 0.15) is 5.56 Å². The van der Waals surface area contributed by atoms with Crippen molar-refractivity contribution in [2.24, 2.45) is 0 Å². The maximum Gasteiger partial charge on any atom is 0.293 e. The zero-order valence-corrected chi connectivity index (χ0v) is 17.7. The molecule has 0 bridgehead atoms. The molecule has 0 atom stereocenters. The van der Waals surface area contributed by atoms with Crippen LogP contribution in [0.3, 0.4) is 0 Å². The Morgan fingerprint density at radius 2 is 2.07 bits per heavy atom. The highest BCUT2D eigenvalue weighted by atomic mass is 79.9. The van der Waals surface area contributed by atoms with E-state index in [-0.39, 0.29) is 23.0 Å². The Morgan fingerprint density at radius 1 is 1.29 bits per heavy atom. The number of halogens is 1. The average Bonchev–Trinajstić information content (AvgIpc) is 3.09. The summed E-state index contributed by atoms with van der Waals surface area (Å²) in [6.45, 7) is 1.71. The lowest BCUT2D eigenvalue weighted by molar-refractivity contribution is -0.384. The van der Waals surface area contributed by atoms with E-state index in [0.29, 0.717) is 15.0 Å². The molecule has 8 nitrogen and oxygen atoms in total. The van der Waals surface area contributed by atoms with Crippen LogP contribution in [-0.2, 0) is 4.79 Å². The number of nitrogens with zero attached hydrogens (tertiary/aromatic N) is 3. The first-order valence-electron chi connectivity index (χ1n) is 7.95. The van der Waals surface area contributed by atoms with E-state index >= 15 is 0 Å². The first-order chi connectivity index (χ1) is 13.4. The molecule has 0 spiro atoms. The van der Waals surface area contributed by atoms with Gasteiger partial charge in [-0.2, -0.15) is 0 Å². The second-order valence-corrected chi connectivity index (χ2v) is 8.69. The van der Waals surface area contributed by atoms with E-state index in [4.69, 9.17) is 0 Å². The van der Waals surface area contributed by atoms with Crippen molar-refractivity contribution in [1.82, 2.24) is 10.2 Å². The van der Waals surface area contributed by atoms with Crippen molar-refractivity contribution in [2.45, 2.75) is 11.3 Å².